The van der Waals surface area contributed by atoms with Gasteiger partial charge >= 0.3 is 0 Å². The number of hydrogen-bond donors (Lipinski definition) is 1. The molecule has 0 aliphatic heterocycles. The van der Waals surface area contributed by atoms with E-state index in [0.717, 1.165) is 9.87 Å². The van der Waals surface area contributed by atoms with Gasteiger partial charge in [0, 0.05) is 28.1 Å². The number of nitrogens with one attached hydrogen (secondary N) is 1. The summed E-state index contributed by atoms with van der Waals surface area (Å²) in [6.07, 6.45) is 0. The fourth-order valence-electron chi connectivity index (χ4n) is 3.23. The van der Waals surface area contributed by atoms with Crippen LogP contribution >= 0.6 is 35.0 Å². The number of carbonyl (C=O) groups is 1. The molecule has 6 nitrogen and oxygen atoms in total. The maximum Gasteiger partial charge on any atom is 0.264 e. The van der Waals surface area contributed by atoms with E-state index in [-0.39, 0.29) is 11.4 Å². The molecule has 1 amide bonds. The van der Waals surface area contributed by atoms with Crippen LogP contribution in [0.1, 0.15) is 12.5 Å². The summed E-state index contributed by atoms with van der Waals surface area (Å²) in [5.74, 6) is 1.27. The van der Waals surface area contributed by atoms with Gasteiger partial charge in [-0.1, -0.05) is 59.6 Å². The van der Waals surface area contributed by atoms with Crippen LogP contribution in [0, 0.1) is 0 Å². The third kappa shape index (κ3) is 7.54. The first-order valence-electron chi connectivity index (χ1n) is 10.9. The zero-order chi connectivity index (χ0) is 25.3. The van der Waals surface area contributed by atoms with E-state index in [1.54, 1.807) is 66.4 Å². The molecule has 3 rings (SSSR count). The van der Waals surface area contributed by atoms with Gasteiger partial charge in [-0.05, 0) is 48.9 Å². The van der Waals surface area contributed by atoms with Crippen molar-refractivity contribution in [2.75, 3.05) is 29.8 Å². The molecule has 186 valence electrons. The monoisotopic (exact) mass is 552 g/mol. The van der Waals surface area contributed by atoms with Crippen LogP contribution in [-0.2, 0) is 20.6 Å². The predicted molar refractivity (Wildman–Crippen MR) is 144 cm³/mol. The lowest BCUT2D eigenvalue weighted by Gasteiger charge is -2.26. The van der Waals surface area contributed by atoms with Gasteiger partial charge in [0.25, 0.3) is 10.0 Å². The molecule has 0 spiro atoms. The Morgan fingerprint density at radius 2 is 1.74 bits per heavy atom. The number of sulfonamides is 1. The number of para-hydroxylation sites is 2. The third-order valence-corrected chi connectivity index (χ3v) is 8.26. The average Bonchev–Trinajstić information content (AvgIpc) is 2.85. The first-order valence-corrected chi connectivity index (χ1v) is 14.3. The van der Waals surface area contributed by atoms with Gasteiger partial charge in [0.1, 0.15) is 12.3 Å². The van der Waals surface area contributed by atoms with Gasteiger partial charge in [-0.2, -0.15) is 11.8 Å². The minimum Gasteiger partial charge on any atom is -0.492 e. The standard InChI is InChI=1S/C25H26Cl2N2O4S2/c1-2-33-24-11-7-6-10-23(24)29(35(31,32)21-8-4-3-5-9-21)17-25(30)28-14-15-34-18-19-12-13-20(26)16-22(19)27/h3-13,16H,2,14-15,17-18H2,1H3,(H,28,30). The summed E-state index contributed by atoms with van der Waals surface area (Å²) in [6.45, 7) is 2.17. The van der Waals surface area contributed by atoms with Crippen LogP contribution in [0.4, 0.5) is 5.69 Å². The first-order chi connectivity index (χ1) is 16.8. The summed E-state index contributed by atoms with van der Waals surface area (Å²) in [7, 11) is -4.01. The second kappa shape index (κ2) is 13.1. The summed E-state index contributed by atoms with van der Waals surface area (Å²) in [5, 5.41) is 3.99. The molecule has 35 heavy (non-hydrogen) atoms. The topological polar surface area (TPSA) is 75.7 Å². The molecule has 10 heteroatoms. The van der Waals surface area contributed by atoms with Crippen molar-refractivity contribution in [3.05, 3.63) is 88.4 Å². The van der Waals surface area contributed by atoms with Gasteiger partial charge in [0.2, 0.25) is 5.91 Å². The van der Waals surface area contributed by atoms with E-state index in [4.69, 9.17) is 27.9 Å². The van der Waals surface area contributed by atoms with Crippen molar-refractivity contribution >= 4 is 56.6 Å². The SMILES string of the molecule is CCOc1ccccc1N(CC(=O)NCCSCc1ccc(Cl)cc1Cl)S(=O)(=O)c1ccccc1. The summed E-state index contributed by atoms with van der Waals surface area (Å²) in [6, 6.07) is 20.2. The molecule has 0 aliphatic rings. The van der Waals surface area contributed by atoms with Crippen molar-refractivity contribution in [2.45, 2.75) is 17.6 Å². The highest BCUT2D eigenvalue weighted by Gasteiger charge is 2.29. The van der Waals surface area contributed by atoms with Crippen LogP contribution in [0.3, 0.4) is 0 Å². The lowest BCUT2D eigenvalue weighted by molar-refractivity contribution is -0.119. The molecule has 0 bridgehead atoms. The Labute approximate surface area is 220 Å². The summed E-state index contributed by atoms with van der Waals surface area (Å²) >= 11 is 13.7. The molecule has 0 aliphatic carbocycles. The summed E-state index contributed by atoms with van der Waals surface area (Å²) in [4.78, 5) is 12.9. The maximum absolute atomic E-state index is 13.5. The highest BCUT2D eigenvalue weighted by atomic mass is 35.5. The highest BCUT2D eigenvalue weighted by molar-refractivity contribution is 7.98. The van der Waals surface area contributed by atoms with Crippen LogP contribution in [0.5, 0.6) is 5.75 Å². The van der Waals surface area contributed by atoms with E-state index in [0.29, 0.717) is 46.1 Å². The Bertz CT molecular complexity index is 1240. The van der Waals surface area contributed by atoms with Crippen molar-refractivity contribution in [3.8, 4) is 5.75 Å². The highest BCUT2D eigenvalue weighted by Crippen LogP contribution is 2.32. The molecule has 1 N–H and O–H groups in total. The number of amides is 1. The molecular formula is C25H26Cl2N2O4S2. The largest absolute Gasteiger partial charge is 0.492 e. The molecule has 0 saturated carbocycles. The molecule has 0 saturated heterocycles. The summed E-state index contributed by atoms with van der Waals surface area (Å²) in [5.41, 5.74) is 1.26. The third-order valence-electron chi connectivity index (χ3n) is 4.89. The fraction of sp³-hybridized carbons (Fsp3) is 0.240. The Morgan fingerprint density at radius 3 is 2.46 bits per heavy atom. The second-order valence-corrected chi connectivity index (χ2v) is 11.2. The number of halogens is 2. The molecule has 3 aromatic rings. The van der Waals surface area contributed by atoms with Gasteiger partial charge in [-0.15, -0.1) is 0 Å². The smallest absolute Gasteiger partial charge is 0.264 e. The number of thioether (sulfide) groups is 1. The summed E-state index contributed by atoms with van der Waals surface area (Å²) < 4.78 is 33.7. The minimum atomic E-state index is -4.01. The molecule has 3 aromatic carbocycles. The number of nitrogens with zero attached hydrogens (tertiary/aromatic N) is 1. The van der Waals surface area contributed by atoms with Crippen molar-refractivity contribution in [2.24, 2.45) is 0 Å². The second-order valence-electron chi connectivity index (χ2n) is 7.36. The number of hydrogen-bond acceptors (Lipinski definition) is 5. The average molecular weight is 554 g/mol. The quantitative estimate of drug-likeness (QED) is 0.294. The van der Waals surface area contributed by atoms with Crippen molar-refractivity contribution in [1.29, 1.82) is 0 Å². The van der Waals surface area contributed by atoms with E-state index in [1.807, 2.05) is 13.0 Å². The predicted octanol–water partition coefficient (Wildman–Crippen LogP) is 5.64. The number of anilines is 1. The van der Waals surface area contributed by atoms with Gasteiger partial charge in [-0.3, -0.25) is 9.10 Å². The Hall–Kier alpha value is -2.39. The number of ether oxygens (including phenoxy) is 1. The van der Waals surface area contributed by atoms with E-state index < -0.39 is 15.9 Å². The van der Waals surface area contributed by atoms with Crippen LogP contribution in [0.2, 0.25) is 10.0 Å². The van der Waals surface area contributed by atoms with Gasteiger partial charge in [0.15, 0.2) is 0 Å². The van der Waals surface area contributed by atoms with E-state index in [9.17, 15) is 13.2 Å². The van der Waals surface area contributed by atoms with Crippen LogP contribution in [-0.4, -0.2) is 39.8 Å². The molecule has 0 unspecified atom stereocenters. The van der Waals surface area contributed by atoms with Crippen molar-refractivity contribution in [3.63, 3.8) is 0 Å². The normalized spacial score (nSPS) is 11.2. The Morgan fingerprint density at radius 1 is 1.03 bits per heavy atom. The van der Waals surface area contributed by atoms with Crippen molar-refractivity contribution < 1.29 is 17.9 Å². The first kappa shape index (κ1) is 27.2. The molecule has 0 atom stereocenters. The molecule has 0 radical (unpaired) electrons. The lowest BCUT2D eigenvalue weighted by Crippen LogP contribution is -2.41. The van der Waals surface area contributed by atoms with E-state index in [1.165, 1.54) is 12.1 Å². The number of carbonyl (C=O) groups excluding carboxylic acids is 1. The molecular weight excluding hydrogens is 527 g/mol. The lowest BCUT2D eigenvalue weighted by atomic mass is 10.2. The van der Waals surface area contributed by atoms with Gasteiger partial charge < -0.3 is 10.1 Å². The zero-order valence-corrected chi connectivity index (χ0v) is 22.3. The van der Waals surface area contributed by atoms with Crippen molar-refractivity contribution in [1.82, 2.24) is 5.32 Å². The van der Waals surface area contributed by atoms with Crippen LogP contribution in [0.25, 0.3) is 0 Å². The number of benzene rings is 3. The minimum absolute atomic E-state index is 0.0921. The Kier molecular flexibility index (Phi) is 10.2. The van der Waals surface area contributed by atoms with E-state index in [2.05, 4.69) is 5.32 Å². The van der Waals surface area contributed by atoms with Crippen LogP contribution in [0.15, 0.2) is 77.7 Å². The molecule has 0 aromatic heterocycles. The fourth-order valence-corrected chi connectivity index (χ4v) is 6.10. The van der Waals surface area contributed by atoms with Gasteiger partial charge in [0.05, 0.1) is 17.2 Å². The van der Waals surface area contributed by atoms with Crippen LogP contribution < -0.4 is 14.4 Å². The molecule has 0 heterocycles. The molecule has 0 fully saturated rings. The zero-order valence-electron chi connectivity index (χ0n) is 19.1. The van der Waals surface area contributed by atoms with E-state index >= 15 is 0 Å². The Balaban J connectivity index is 1.68. The maximum atomic E-state index is 13.5. The van der Waals surface area contributed by atoms with Gasteiger partial charge in [-0.25, -0.2) is 8.42 Å². The number of rotatable bonds is 12.